The Morgan fingerprint density at radius 3 is 2.43 bits per heavy atom. The molecule has 0 aliphatic carbocycles. The fourth-order valence-electron chi connectivity index (χ4n) is 4.12. The van der Waals surface area contributed by atoms with Gasteiger partial charge in [0.05, 0.1) is 29.7 Å². The average Bonchev–Trinajstić information content (AvgIpc) is 2.84. The molecule has 0 spiro atoms. The number of ether oxygens (including phenoxy) is 1. The van der Waals surface area contributed by atoms with E-state index in [2.05, 4.69) is 5.32 Å². The molecule has 0 aromatic heterocycles. The zero-order valence-electron chi connectivity index (χ0n) is 19.6. The van der Waals surface area contributed by atoms with E-state index in [1.165, 1.54) is 23.1 Å². The van der Waals surface area contributed by atoms with Crippen molar-refractivity contribution >= 4 is 17.6 Å². The number of halogens is 2. The van der Waals surface area contributed by atoms with Crippen LogP contribution in [0.4, 0.5) is 14.5 Å². The molecule has 182 valence electrons. The highest BCUT2D eigenvalue weighted by Crippen LogP contribution is 2.43. The molecule has 3 rings (SSSR count). The van der Waals surface area contributed by atoms with E-state index in [4.69, 9.17) is 10.5 Å². The standard InChI is InChI=1S/C26H26F2N4O3/c1-4-31-25(33)20-15(3)32(19-8-6-7-18(13-19)23(27)28)24(30)22(26(34)35-5-2)21(20)17-11-9-16(14-29)10-12-17/h6-13,21,23H,4-5,30H2,1-3H3,(H,31,33). The Balaban J connectivity index is 2.33. The first-order chi connectivity index (χ1) is 16.7. The van der Waals surface area contributed by atoms with Crippen molar-refractivity contribution < 1.29 is 23.1 Å². The fourth-order valence-corrected chi connectivity index (χ4v) is 4.12. The summed E-state index contributed by atoms with van der Waals surface area (Å²) in [6, 6.07) is 14.1. The summed E-state index contributed by atoms with van der Waals surface area (Å²) in [5, 5.41) is 11.9. The van der Waals surface area contributed by atoms with Gasteiger partial charge in [-0.25, -0.2) is 13.6 Å². The van der Waals surface area contributed by atoms with Crippen LogP contribution >= 0.6 is 0 Å². The lowest BCUT2D eigenvalue weighted by Crippen LogP contribution is -2.41. The lowest BCUT2D eigenvalue weighted by Gasteiger charge is -2.37. The van der Waals surface area contributed by atoms with Crippen LogP contribution < -0.4 is 16.0 Å². The second-order valence-corrected chi connectivity index (χ2v) is 7.78. The summed E-state index contributed by atoms with van der Waals surface area (Å²) >= 11 is 0. The fraction of sp³-hybridized carbons (Fsp3) is 0.269. The van der Waals surface area contributed by atoms with Crippen molar-refractivity contribution in [3.63, 3.8) is 0 Å². The van der Waals surface area contributed by atoms with Crippen LogP contribution in [0.5, 0.6) is 0 Å². The highest BCUT2D eigenvalue weighted by molar-refractivity contribution is 6.03. The Labute approximate surface area is 202 Å². The molecule has 1 heterocycles. The molecule has 1 unspecified atom stereocenters. The number of hydrogen-bond acceptors (Lipinski definition) is 6. The predicted molar refractivity (Wildman–Crippen MR) is 127 cm³/mol. The van der Waals surface area contributed by atoms with Crippen molar-refractivity contribution in [2.75, 3.05) is 18.1 Å². The Hall–Kier alpha value is -4.19. The maximum absolute atomic E-state index is 13.4. The minimum absolute atomic E-state index is 0.00543. The van der Waals surface area contributed by atoms with Crippen molar-refractivity contribution in [1.29, 1.82) is 5.26 Å². The average molecular weight is 481 g/mol. The van der Waals surface area contributed by atoms with Gasteiger partial charge in [-0.1, -0.05) is 24.3 Å². The van der Waals surface area contributed by atoms with Gasteiger partial charge in [0.1, 0.15) is 5.82 Å². The van der Waals surface area contributed by atoms with Gasteiger partial charge in [0.15, 0.2) is 0 Å². The Bertz CT molecular complexity index is 1190. The first-order valence-corrected chi connectivity index (χ1v) is 11.1. The van der Waals surface area contributed by atoms with E-state index in [0.717, 1.165) is 0 Å². The zero-order valence-corrected chi connectivity index (χ0v) is 19.6. The minimum Gasteiger partial charge on any atom is -0.463 e. The second kappa shape index (κ2) is 10.8. The number of alkyl halides is 2. The molecule has 0 saturated carbocycles. The monoisotopic (exact) mass is 480 g/mol. The minimum atomic E-state index is -2.71. The molecule has 7 nitrogen and oxygen atoms in total. The summed E-state index contributed by atoms with van der Waals surface area (Å²) < 4.78 is 32.1. The second-order valence-electron chi connectivity index (χ2n) is 7.78. The number of anilines is 1. The number of amides is 1. The molecule has 0 radical (unpaired) electrons. The topological polar surface area (TPSA) is 108 Å². The molecule has 0 saturated heterocycles. The lowest BCUT2D eigenvalue weighted by molar-refractivity contribution is -0.138. The number of nitrogens with zero attached hydrogens (tertiary/aromatic N) is 2. The Morgan fingerprint density at radius 1 is 1.17 bits per heavy atom. The molecule has 35 heavy (non-hydrogen) atoms. The van der Waals surface area contributed by atoms with Gasteiger partial charge < -0.3 is 20.7 Å². The van der Waals surface area contributed by atoms with E-state index in [9.17, 15) is 23.6 Å². The molecule has 0 fully saturated rings. The maximum atomic E-state index is 13.4. The molecule has 9 heteroatoms. The summed E-state index contributed by atoms with van der Waals surface area (Å²) in [4.78, 5) is 27.9. The van der Waals surface area contributed by atoms with Gasteiger partial charge in [0.25, 0.3) is 6.43 Å². The largest absolute Gasteiger partial charge is 0.463 e. The van der Waals surface area contributed by atoms with Crippen LogP contribution in [-0.2, 0) is 14.3 Å². The molecule has 1 aliphatic rings. The Kier molecular flexibility index (Phi) is 7.87. The SMILES string of the molecule is CCNC(=O)C1=C(C)N(c2cccc(C(F)F)c2)C(N)=C(C(=O)OCC)C1c1ccc(C#N)cc1. The van der Waals surface area contributed by atoms with Gasteiger partial charge in [-0.2, -0.15) is 5.26 Å². The van der Waals surface area contributed by atoms with Crippen molar-refractivity contribution in [3.8, 4) is 6.07 Å². The van der Waals surface area contributed by atoms with Crippen molar-refractivity contribution in [2.45, 2.75) is 33.1 Å². The van der Waals surface area contributed by atoms with Crippen LogP contribution in [0.25, 0.3) is 0 Å². The third-order valence-corrected chi connectivity index (χ3v) is 5.65. The third kappa shape index (κ3) is 5.01. The molecule has 1 aliphatic heterocycles. The summed E-state index contributed by atoms with van der Waals surface area (Å²) in [6.07, 6.45) is -2.71. The summed E-state index contributed by atoms with van der Waals surface area (Å²) in [5.41, 5.74) is 8.13. The lowest BCUT2D eigenvalue weighted by atomic mass is 9.80. The number of allylic oxidation sites excluding steroid dienone is 1. The highest BCUT2D eigenvalue weighted by Gasteiger charge is 2.41. The number of benzene rings is 2. The number of hydrogen-bond donors (Lipinski definition) is 2. The van der Waals surface area contributed by atoms with E-state index >= 15 is 0 Å². The zero-order chi connectivity index (χ0) is 25.7. The maximum Gasteiger partial charge on any atom is 0.338 e. The van der Waals surface area contributed by atoms with Crippen molar-refractivity contribution in [1.82, 2.24) is 5.32 Å². The number of carbonyl (C=O) groups excluding carboxylic acids is 2. The normalized spacial score (nSPS) is 15.8. The predicted octanol–water partition coefficient (Wildman–Crippen LogP) is 4.24. The number of carbonyl (C=O) groups is 2. The van der Waals surface area contributed by atoms with E-state index < -0.39 is 24.2 Å². The number of nitrogens with two attached hydrogens (primary N) is 1. The first kappa shape index (κ1) is 25.4. The highest BCUT2D eigenvalue weighted by atomic mass is 19.3. The first-order valence-electron chi connectivity index (χ1n) is 11.1. The Morgan fingerprint density at radius 2 is 1.86 bits per heavy atom. The number of esters is 1. The van der Waals surface area contributed by atoms with E-state index in [1.807, 2.05) is 6.07 Å². The van der Waals surface area contributed by atoms with Crippen LogP contribution in [-0.4, -0.2) is 25.0 Å². The number of rotatable bonds is 7. The van der Waals surface area contributed by atoms with Crippen LogP contribution in [0.1, 0.15) is 49.8 Å². The van der Waals surface area contributed by atoms with Crippen molar-refractivity contribution in [2.24, 2.45) is 5.73 Å². The van der Waals surface area contributed by atoms with Gasteiger partial charge in [0, 0.05) is 29.1 Å². The molecule has 1 atom stereocenters. The number of nitrogens with one attached hydrogen (secondary N) is 1. The molecule has 2 aromatic carbocycles. The van der Waals surface area contributed by atoms with Crippen molar-refractivity contribution in [3.05, 3.63) is 87.9 Å². The molecule has 2 aromatic rings. The molecular weight excluding hydrogens is 454 g/mol. The summed E-state index contributed by atoms with van der Waals surface area (Å²) in [5.74, 6) is -2.11. The summed E-state index contributed by atoms with van der Waals surface area (Å²) in [6.45, 7) is 5.43. The third-order valence-electron chi connectivity index (χ3n) is 5.65. The van der Waals surface area contributed by atoms with Gasteiger partial charge >= 0.3 is 5.97 Å². The smallest absolute Gasteiger partial charge is 0.338 e. The van der Waals surface area contributed by atoms with Gasteiger partial charge in [-0.15, -0.1) is 0 Å². The van der Waals surface area contributed by atoms with E-state index in [-0.39, 0.29) is 34.8 Å². The quantitative estimate of drug-likeness (QED) is 0.574. The van der Waals surface area contributed by atoms with E-state index in [1.54, 1.807) is 51.1 Å². The molecule has 3 N–H and O–H groups in total. The van der Waals surface area contributed by atoms with Gasteiger partial charge in [-0.3, -0.25) is 4.79 Å². The molecular formula is C26H26F2N4O3. The van der Waals surface area contributed by atoms with E-state index in [0.29, 0.717) is 23.4 Å². The summed E-state index contributed by atoms with van der Waals surface area (Å²) in [7, 11) is 0. The van der Waals surface area contributed by atoms with Crippen LogP contribution in [0.15, 0.2) is 71.2 Å². The molecule has 0 bridgehead atoms. The number of nitriles is 1. The van der Waals surface area contributed by atoms with Gasteiger partial charge in [0.2, 0.25) is 5.91 Å². The van der Waals surface area contributed by atoms with Gasteiger partial charge in [-0.05, 0) is 50.6 Å². The molecule has 1 amide bonds. The van der Waals surface area contributed by atoms with Crippen LogP contribution in [0.3, 0.4) is 0 Å². The van der Waals surface area contributed by atoms with Crippen LogP contribution in [0, 0.1) is 11.3 Å². The van der Waals surface area contributed by atoms with Crippen LogP contribution in [0.2, 0.25) is 0 Å². The number of likely N-dealkylation sites (N-methyl/N-ethyl adjacent to an activating group) is 1.